The van der Waals surface area contributed by atoms with E-state index in [1.54, 1.807) is 19.2 Å². The Morgan fingerprint density at radius 2 is 1.72 bits per heavy atom. The van der Waals surface area contributed by atoms with Crippen molar-refractivity contribution in [2.24, 2.45) is 0 Å². The van der Waals surface area contributed by atoms with E-state index in [-0.39, 0.29) is 18.2 Å². The smallest absolute Gasteiger partial charge is 0.228 e. The van der Waals surface area contributed by atoms with E-state index in [0.29, 0.717) is 22.4 Å². The molecule has 1 aliphatic heterocycles. The van der Waals surface area contributed by atoms with Crippen molar-refractivity contribution < 1.29 is 9.59 Å². The fraction of sp³-hybridized carbons (Fsp3) is 0.171. The summed E-state index contributed by atoms with van der Waals surface area (Å²) in [4.78, 5) is 43.8. The number of hydrogen-bond acceptors (Lipinski definition) is 8. The third-order valence-corrected chi connectivity index (χ3v) is 9.23. The first-order valence-electron chi connectivity index (χ1n) is 15.2. The lowest BCUT2D eigenvalue weighted by molar-refractivity contribution is -0.129. The van der Waals surface area contributed by atoms with Gasteiger partial charge in [-0.2, -0.15) is 0 Å². The van der Waals surface area contributed by atoms with E-state index in [1.807, 2.05) is 81.5 Å². The summed E-state index contributed by atoms with van der Waals surface area (Å²) in [5.74, 6) is 0.426. The molecule has 1 saturated heterocycles. The number of thiazole rings is 1. The molecule has 0 bridgehead atoms. The zero-order valence-electron chi connectivity index (χ0n) is 25.6. The van der Waals surface area contributed by atoms with Crippen LogP contribution < -0.4 is 15.5 Å². The standard InChI is InChI=1S/C35H31ClN8O2S/c1-23(45)42-15-17-43(18-16-42)28-11-9-26(10-12-28)39-34-37-14-13-30(40-34)33-32(41-35-44(33)19-20-47-35)25-6-4-7-27(21-25)38-31(46)22-24-5-2-3-8-29(24)36/h2-14,19-21H,15-18,22H2,1H3,(H,38,46)(H,37,39,40). The number of carbonyl (C=O) groups is 2. The second kappa shape index (κ2) is 13.2. The van der Waals surface area contributed by atoms with Crippen LogP contribution in [0.25, 0.3) is 27.6 Å². The number of nitrogens with one attached hydrogen (secondary N) is 2. The Morgan fingerprint density at radius 1 is 0.915 bits per heavy atom. The van der Waals surface area contributed by atoms with E-state index in [2.05, 4.69) is 32.7 Å². The largest absolute Gasteiger partial charge is 0.368 e. The van der Waals surface area contributed by atoms with Crippen molar-refractivity contribution in [3.05, 3.63) is 107 Å². The van der Waals surface area contributed by atoms with Gasteiger partial charge in [0.15, 0.2) is 4.96 Å². The predicted octanol–water partition coefficient (Wildman–Crippen LogP) is 6.77. The minimum absolute atomic E-state index is 0.122. The molecule has 0 aliphatic carbocycles. The Bertz CT molecular complexity index is 2070. The van der Waals surface area contributed by atoms with Gasteiger partial charge in [0.05, 0.1) is 17.8 Å². The number of carbonyl (C=O) groups excluding carboxylic acids is 2. The molecule has 47 heavy (non-hydrogen) atoms. The van der Waals surface area contributed by atoms with E-state index < -0.39 is 0 Å². The van der Waals surface area contributed by atoms with Crippen molar-refractivity contribution in [3.8, 4) is 22.6 Å². The first-order chi connectivity index (χ1) is 22.9. The monoisotopic (exact) mass is 662 g/mol. The van der Waals surface area contributed by atoms with Gasteiger partial charge in [0.2, 0.25) is 17.8 Å². The summed E-state index contributed by atoms with van der Waals surface area (Å²) in [5.41, 5.74) is 6.53. The lowest BCUT2D eigenvalue weighted by atomic mass is 10.1. The number of rotatable bonds is 8. The number of hydrogen-bond donors (Lipinski definition) is 2. The highest BCUT2D eigenvalue weighted by molar-refractivity contribution is 7.15. The number of aromatic nitrogens is 4. The second-order valence-electron chi connectivity index (χ2n) is 11.2. The Kier molecular flexibility index (Phi) is 8.56. The molecule has 4 heterocycles. The molecule has 0 atom stereocenters. The van der Waals surface area contributed by atoms with E-state index in [4.69, 9.17) is 21.6 Å². The van der Waals surface area contributed by atoms with Gasteiger partial charge in [-0.05, 0) is 54.1 Å². The zero-order valence-corrected chi connectivity index (χ0v) is 27.1. The number of anilines is 4. The minimum atomic E-state index is -0.156. The summed E-state index contributed by atoms with van der Waals surface area (Å²) in [5, 5.41) is 8.89. The van der Waals surface area contributed by atoms with E-state index in [0.717, 1.165) is 65.0 Å². The molecule has 1 aliphatic rings. The molecule has 0 spiro atoms. The van der Waals surface area contributed by atoms with Crippen LogP contribution in [-0.2, 0) is 16.0 Å². The van der Waals surface area contributed by atoms with Gasteiger partial charge < -0.3 is 20.4 Å². The SMILES string of the molecule is CC(=O)N1CCN(c2ccc(Nc3nccc(-c4c(-c5cccc(NC(=O)Cc6ccccc6Cl)c5)nc5sccn45)n3)cc2)CC1. The quantitative estimate of drug-likeness (QED) is 0.185. The van der Waals surface area contributed by atoms with Gasteiger partial charge >= 0.3 is 0 Å². The maximum Gasteiger partial charge on any atom is 0.228 e. The van der Waals surface area contributed by atoms with E-state index in [1.165, 1.54) is 11.3 Å². The van der Waals surface area contributed by atoms with Crippen molar-refractivity contribution in [1.29, 1.82) is 0 Å². The van der Waals surface area contributed by atoms with Crippen molar-refractivity contribution in [1.82, 2.24) is 24.3 Å². The van der Waals surface area contributed by atoms with E-state index in [9.17, 15) is 9.59 Å². The van der Waals surface area contributed by atoms with Crippen molar-refractivity contribution in [2.75, 3.05) is 41.7 Å². The van der Waals surface area contributed by atoms with Crippen LogP contribution in [0.4, 0.5) is 23.0 Å². The molecule has 0 radical (unpaired) electrons. The van der Waals surface area contributed by atoms with Crippen LogP contribution in [0.5, 0.6) is 0 Å². The number of piperazine rings is 1. The summed E-state index contributed by atoms with van der Waals surface area (Å²) < 4.78 is 2.02. The molecule has 12 heteroatoms. The van der Waals surface area contributed by atoms with Crippen LogP contribution in [0.2, 0.25) is 5.02 Å². The molecule has 10 nitrogen and oxygen atoms in total. The predicted molar refractivity (Wildman–Crippen MR) is 188 cm³/mol. The van der Waals surface area contributed by atoms with Crippen LogP contribution in [-0.4, -0.2) is 62.2 Å². The molecule has 3 aromatic carbocycles. The summed E-state index contributed by atoms with van der Waals surface area (Å²) in [6.07, 6.45) is 3.88. The molecule has 7 rings (SSSR count). The molecule has 2 N–H and O–H groups in total. The van der Waals surface area contributed by atoms with Crippen molar-refractivity contribution >= 4 is 62.7 Å². The Balaban J connectivity index is 1.11. The lowest BCUT2D eigenvalue weighted by Crippen LogP contribution is -2.48. The van der Waals surface area contributed by atoms with Crippen LogP contribution >= 0.6 is 22.9 Å². The summed E-state index contributed by atoms with van der Waals surface area (Å²) in [6, 6.07) is 25.0. The highest BCUT2D eigenvalue weighted by atomic mass is 35.5. The second-order valence-corrected chi connectivity index (χ2v) is 12.5. The first-order valence-corrected chi connectivity index (χ1v) is 16.5. The number of halogens is 1. The first kappa shape index (κ1) is 30.4. The van der Waals surface area contributed by atoms with Gasteiger partial charge in [-0.3, -0.25) is 14.0 Å². The van der Waals surface area contributed by atoms with E-state index >= 15 is 0 Å². The maximum absolute atomic E-state index is 12.9. The number of benzene rings is 3. The molecule has 236 valence electrons. The Morgan fingerprint density at radius 3 is 2.51 bits per heavy atom. The normalized spacial score (nSPS) is 13.1. The number of nitrogens with zero attached hydrogens (tertiary/aromatic N) is 6. The van der Waals surface area contributed by atoms with Crippen molar-refractivity contribution in [2.45, 2.75) is 13.3 Å². The van der Waals surface area contributed by atoms with Crippen LogP contribution in [0, 0.1) is 0 Å². The molecule has 6 aromatic rings. The van der Waals surface area contributed by atoms with Crippen molar-refractivity contribution in [3.63, 3.8) is 0 Å². The summed E-state index contributed by atoms with van der Waals surface area (Å²) >= 11 is 7.81. The molecule has 2 amide bonds. The fourth-order valence-corrected chi connectivity index (χ4v) is 6.63. The molecule has 0 unspecified atom stereocenters. The Hall–Kier alpha value is -5.26. The average Bonchev–Trinajstić information content (AvgIpc) is 3.69. The topological polar surface area (TPSA) is 108 Å². The highest BCUT2D eigenvalue weighted by Gasteiger charge is 2.21. The third-order valence-electron chi connectivity index (χ3n) is 8.10. The van der Waals surface area contributed by atoms with Gasteiger partial charge in [0.1, 0.15) is 5.69 Å². The molecule has 0 saturated carbocycles. The zero-order chi connectivity index (χ0) is 32.3. The van der Waals surface area contributed by atoms with Crippen LogP contribution in [0.3, 0.4) is 0 Å². The van der Waals surface area contributed by atoms with Gasteiger partial charge in [0.25, 0.3) is 0 Å². The van der Waals surface area contributed by atoms with Crippen LogP contribution in [0.15, 0.2) is 96.6 Å². The summed E-state index contributed by atoms with van der Waals surface area (Å²) in [7, 11) is 0. The molecular formula is C35H31ClN8O2S. The summed E-state index contributed by atoms with van der Waals surface area (Å²) in [6.45, 7) is 4.69. The molecular weight excluding hydrogens is 632 g/mol. The minimum Gasteiger partial charge on any atom is -0.368 e. The number of fused-ring (bicyclic) bond motifs is 1. The number of amides is 2. The van der Waals surface area contributed by atoms with Crippen LogP contribution in [0.1, 0.15) is 12.5 Å². The van der Waals surface area contributed by atoms with Gasteiger partial charge in [-0.25, -0.2) is 15.0 Å². The Labute approximate surface area is 280 Å². The molecule has 1 fully saturated rings. The van der Waals surface area contributed by atoms with Gasteiger partial charge in [0, 0.05) is 78.5 Å². The van der Waals surface area contributed by atoms with Gasteiger partial charge in [-0.1, -0.05) is 41.9 Å². The van der Waals surface area contributed by atoms with Gasteiger partial charge in [-0.15, -0.1) is 11.3 Å². The fourth-order valence-electron chi connectivity index (χ4n) is 5.71. The highest BCUT2D eigenvalue weighted by Crippen LogP contribution is 2.35. The average molecular weight is 663 g/mol. The molecule has 3 aromatic heterocycles. The number of imidazole rings is 1. The lowest BCUT2D eigenvalue weighted by Gasteiger charge is -2.35. The third kappa shape index (κ3) is 6.67. The maximum atomic E-state index is 12.9.